The highest BCUT2D eigenvalue weighted by Gasteiger charge is 2.12. The van der Waals surface area contributed by atoms with Gasteiger partial charge in [-0.1, -0.05) is 12.2 Å². The molecule has 1 amide bonds. The largest absolute Gasteiger partial charge is 0.399 e. The molecule has 0 aliphatic rings. The number of rotatable bonds is 5. The lowest BCUT2D eigenvalue weighted by Gasteiger charge is -2.17. The predicted octanol–water partition coefficient (Wildman–Crippen LogP) is 2.03. The van der Waals surface area contributed by atoms with Gasteiger partial charge in [-0.05, 0) is 31.5 Å². The van der Waals surface area contributed by atoms with Crippen LogP contribution in [0.15, 0.2) is 30.4 Å². The fourth-order valence-corrected chi connectivity index (χ4v) is 1.66. The molecule has 0 saturated carbocycles. The molecule has 0 aliphatic heterocycles. The van der Waals surface area contributed by atoms with Gasteiger partial charge in [0.2, 0.25) is 0 Å². The molecule has 0 aliphatic carbocycles. The normalized spacial score (nSPS) is 10.6. The minimum atomic E-state index is -0.0875. The number of nitrogen functional groups attached to an aromatic ring is 1. The molecule has 4 nitrogen and oxygen atoms in total. The van der Waals surface area contributed by atoms with E-state index in [4.69, 9.17) is 5.73 Å². The maximum absolute atomic E-state index is 12.1. The Bertz CT molecular complexity index is 439. The summed E-state index contributed by atoms with van der Waals surface area (Å²) in [6.07, 6.45) is 4.83. The molecular weight excluding hydrogens is 226 g/mol. The molecule has 0 atom stereocenters. The number of carbonyl (C=O) groups is 1. The van der Waals surface area contributed by atoms with Gasteiger partial charge in [0.05, 0.1) is 5.56 Å². The van der Waals surface area contributed by atoms with Crippen LogP contribution in [0.4, 0.5) is 11.4 Å². The Morgan fingerprint density at radius 1 is 1.44 bits per heavy atom. The molecule has 0 spiro atoms. The topological polar surface area (TPSA) is 58.4 Å². The molecule has 0 aromatic heterocycles. The first-order chi connectivity index (χ1) is 8.56. The zero-order valence-electron chi connectivity index (χ0n) is 11.2. The second kappa shape index (κ2) is 6.69. The molecule has 1 rings (SSSR count). The Morgan fingerprint density at radius 2 is 2.17 bits per heavy atom. The standard InChI is InChI=1S/C14H21N3O/c1-4-5-6-9-16-14(18)12-10-11(15)7-8-13(12)17(2)3/h4-5,7-8,10H,6,9,15H2,1-3H3,(H,16,18)/b5-4+. The summed E-state index contributed by atoms with van der Waals surface area (Å²) in [7, 11) is 3.81. The molecule has 1 aromatic rings. The first kappa shape index (κ1) is 14.1. The van der Waals surface area contributed by atoms with Crippen LogP contribution in [-0.4, -0.2) is 26.5 Å². The monoisotopic (exact) mass is 247 g/mol. The van der Waals surface area contributed by atoms with E-state index in [-0.39, 0.29) is 5.91 Å². The Hall–Kier alpha value is -1.97. The second-order valence-corrected chi connectivity index (χ2v) is 4.28. The number of hydrogen-bond acceptors (Lipinski definition) is 3. The van der Waals surface area contributed by atoms with E-state index >= 15 is 0 Å². The molecule has 0 saturated heterocycles. The van der Waals surface area contributed by atoms with E-state index in [1.54, 1.807) is 12.1 Å². The number of nitrogens with two attached hydrogens (primary N) is 1. The zero-order chi connectivity index (χ0) is 13.5. The summed E-state index contributed by atoms with van der Waals surface area (Å²) in [5.41, 5.74) is 7.81. The fourth-order valence-electron chi connectivity index (χ4n) is 1.66. The molecular formula is C14H21N3O. The number of amides is 1. The molecule has 18 heavy (non-hydrogen) atoms. The van der Waals surface area contributed by atoms with Crippen LogP contribution in [0.3, 0.4) is 0 Å². The van der Waals surface area contributed by atoms with Crippen molar-refractivity contribution < 1.29 is 4.79 Å². The minimum absolute atomic E-state index is 0.0875. The Kier molecular flexibility index (Phi) is 5.24. The summed E-state index contributed by atoms with van der Waals surface area (Å²) >= 11 is 0. The maximum atomic E-state index is 12.1. The van der Waals surface area contributed by atoms with E-state index in [1.165, 1.54) is 0 Å². The molecule has 1 aromatic carbocycles. The molecule has 3 N–H and O–H groups in total. The van der Waals surface area contributed by atoms with Gasteiger partial charge in [-0.15, -0.1) is 0 Å². The Balaban J connectivity index is 2.80. The molecule has 98 valence electrons. The van der Waals surface area contributed by atoms with Gasteiger partial charge < -0.3 is 16.0 Å². The lowest BCUT2D eigenvalue weighted by atomic mass is 10.1. The predicted molar refractivity (Wildman–Crippen MR) is 76.9 cm³/mol. The van der Waals surface area contributed by atoms with Crippen LogP contribution >= 0.6 is 0 Å². The van der Waals surface area contributed by atoms with E-state index in [9.17, 15) is 4.79 Å². The Morgan fingerprint density at radius 3 is 2.78 bits per heavy atom. The zero-order valence-corrected chi connectivity index (χ0v) is 11.2. The lowest BCUT2D eigenvalue weighted by molar-refractivity contribution is 0.0955. The van der Waals surface area contributed by atoms with Gasteiger partial charge >= 0.3 is 0 Å². The average Bonchev–Trinajstić information content (AvgIpc) is 2.34. The summed E-state index contributed by atoms with van der Waals surface area (Å²) in [5, 5.41) is 2.88. The van der Waals surface area contributed by atoms with Gasteiger partial charge in [0.15, 0.2) is 0 Å². The van der Waals surface area contributed by atoms with Gasteiger partial charge in [0, 0.05) is 32.0 Å². The first-order valence-electron chi connectivity index (χ1n) is 6.02. The van der Waals surface area contributed by atoms with Crippen molar-refractivity contribution in [2.75, 3.05) is 31.3 Å². The molecule has 0 heterocycles. The van der Waals surface area contributed by atoms with Crippen LogP contribution in [0.2, 0.25) is 0 Å². The highest BCUT2D eigenvalue weighted by molar-refractivity contribution is 6.00. The van der Waals surface area contributed by atoms with Gasteiger partial charge in [-0.25, -0.2) is 0 Å². The smallest absolute Gasteiger partial charge is 0.253 e. The van der Waals surface area contributed by atoms with Crippen LogP contribution in [0, 0.1) is 0 Å². The van der Waals surface area contributed by atoms with E-state index in [2.05, 4.69) is 5.32 Å². The van der Waals surface area contributed by atoms with Crippen LogP contribution in [0.1, 0.15) is 23.7 Å². The minimum Gasteiger partial charge on any atom is -0.399 e. The lowest BCUT2D eigenvalue weighted by Crippen LogP contribution is -2.26. The maximum Gasteiger partial charge on any atom is 0.253 e. The number of hydrogen-bond donors (Lipinski definition) is 2. The van der Waals surface area contributed by atoms with Crippen LogP contribution in [0.25, 0.3) is 0 Å². The van der Waals surface area contributed by atoms with Crippen molar-refractivity contribution >= 4 is 17.3 Å². The molecule has 0 unspecified atom stereocenters. The molecule has 0 bridgehead atoms. The number of nitrogens with one attached hydrogen (secondary N) is 1. The summed E-state index contributed by atoms with van der Waals surface area (Å²) in [4.78, 5) is 14.0. The highest BCUT2D eigenvalue weighted by atomic mass is 16.1. The summed E-state index contributed by atoms with van der Waals surface area (Å²) in [5.74, 6) is -0.0875. The summed E-state index contributed by atoms with van der Waals surface area (Å²) in [6, 6.07) is 5.36. The van der Waals surface area contributed by atoms with E-state index < -0.39 is 0 Å². The third kappa shape index (κ3) is 3.80. The van der Waals surface area contributed by atoms with Crippen molar-refractivity contribution in [3.8, 4) is 0 Å². The van der Waals surface area contributed by atoms with Crippen LogP contribution in [0.5, 0.6) is 0 Å². The van der Waals surface area contributed by atoms with E-state index in [0.717, 1.165) is 12.1 Å². The van der Waals surface area contributed by atoms with Crippen LogP contribution in [-0.2, 0) is 0 Å². The van der Waals surface area contributed by atoms with Gasteiger partial charge in [0.1, 0.15) is 0 Å². The molecule has 0 fully saturated rings. The first-order valence-corrected chi connectivity index (χ1v) is 6.02. The van der Waals surface area contributed by atoms with Gasteiger partial charge in [-0.3, -0.25) is 4.79 Å². The quantitative estimate of drug-likeness (QED) is 0.475. The van der Waals surface area contributed by atoms with Crippen molar-refractivity contribution in [1.29, 1.82) is 0 Å². The van der Waals surface area contributed by atoms with Crippen molar-refractivity contribution in [2.24, 2.45) is 0 Å². The van der Waals surface area contributed by atoms with Crippen LogP contribution < -0.4 is 16.0 Å². The molecule has 4 heteroatoms. The second-order valence-electron chi connectivity index (χ2n) is 4.28. The highest BCUT2D eigenvalue weighted by Crippen LogP contribution is 2.21. The number of benzene rings is 1. The van der Waals surface area contributed by atoms with Crippen molar-refractivity contribution in [1.82, 2.24) is 5.32 Å². The average molecular weight is 247 g/mol. The van der Waals surface area contributed by atoms with E-state index in [0.29, 0.717) is 17.8 Å². The Labute approximate surface area is 108 Å². The summed E-state index contributed by atoms with van der Waals surface area (Å²) in [6.45, 7) is 2.59. The SMILES string of the molecule is C/C=C/CCNC(=O)c1cc(N)ccc1N(C)C. The number of carbonyl (C=O) groups excluding carboxylic acids is 1. The molecule has 0 radical (unpaired) electrons. The van der Waals surface area contributed by atoms with Crippen molar-refractivity contribution in [3.05, 3.63) is 35.9 Å². The third-order valence-electron chi connectivity index (χ3n) is 2.58. The number of allylic oxidation sites excluding steroid dienone is 1. The number of nitrogens with zero attached hydrogens (tertiary/aromatic N) is 1. The van der Waals surface area contributed by atoms with Gasteiger partial charge in [-0.2, -0.15) is 0 Å². The van der Waals surface area contributed by atoms with Gasteiger partial charge in [0.25, 0.3) is 5.91 Å². The number of anilines is 2. The fraction of sp³-hybridized carbons (Fsp3) is 0.357. The third-order valence-corrected chi connectivity index (χ3v) is 2.58. The van der Waals surface area contributed by atoms with E-state index in [1.807, 2.05) is 44.1 Å². The van der Waals surface area contributed by atoms with Crippen molar-refractivity contribution in [3.63, 3.8) is 0 Å². The summed E-state index contributed by atoms with van der Waals surface area (Å²) < 4.78 is 0. The van der Waals surface area contributed by atoms with Crippen molar-refractivity contribution in [2.45, 2.75) is 13.3 Å².